The Labute approximate surface area is 107 Å². The molecule has 3 nitrogen and oxygen atoms in total. The average Bonchev–Trinajstić information content (AvgIpc) is 2.56. The highest BCUT2D eigenvalue weighted by atomic mass is 15.2. The highest BCUT2D eigenvalue weighted by Crippen LogP contribution is 2.18. The number of hydrogen-bond acceptors (Lipinski definition) is 3. The summed E-state index contributed by atoms with van der Waals surface area (Å²) in [5, 5.41) is 3.59. The van der Waals surface area contributed by atoms with Crippen molar-refractivity contribution >= 4 is 0 Å². The van der Waals surface area contributed by atoms with Crippen molar-refractivity contribution in [1.29, 1.82) is 0 Å². The van der Waals surface area contributed by atoms with E-state index in [2.05, 4.69) is 29.0 Å². The van der Waals surface area contributed by atoms with Crippen LogP contribution in [0.25, 0.3) is 0 Å². The summed E-state index contributed by atoms with van der Waals surface area (Å²) < 4.78 is 0. The average molecular weight is 239 g/mol. The molecule has 0 amide bonds. The van der Waals surface area contributed by atoms with Gasteiger partial charge in [-0.1, -0.05) is 6.92 Å². The molecule has 3 heteroatoms. The van der Waals surface area contributed by atoms with E-state index in [1.54, 1.807) is 0 Å². The fourth-order valence-corrected chi connectivity index (χ4v) is 3.22. The maximum atomic E-state index is 3.59. The quantitative estimate of drug-likeness (QED) is 0.806. The molecule has 0 aromatic heterocycles. The summed E-state index contributed by atoms with van der Waals surface area (Å²) >= 11 is 0. The van der Waals surface area contributed by atoms with E-state index in [0.717, 1.165) is 6.04 Å². The zero-order chi connectivity index (χ0) is 12.1. The zero-order valence-electron chi connectivity index (χ0n) is 11.6. The van der Waals surface area contributed by atoms with Gasteiger partial charge < -0.3 is 10.2 Å². The van der Waals surface area contributed by atoms with Gasteiger partial charge in [-0.15, -0.1) is 0 Å². The van der Waals surface area contributed by atoms with Gasteiger partial charge in [0.05, 0.1) is 0 Å². The molecule has 0 aliphatic carbocycles. The van der Waals surface area contributed by atoms with E-state index >= 15 is 0 Å². The van der Waals surface area contributed by atoms with Crippen LogP contribution in [0.15, 0.2) is 0 Å². The van der Waals surface area contributed by atoms with Crippen LogP contribution in [-0.2, 0) is 0 Å². The van der Waals surface area contributed by atoms with Crippen LogP contribution in [-0.4, -0.2) is 61.2 Å². The van der Waals surface area contributed by atoms with E-state index in [1.807, 2.05) is 0 Å². The Morgan fingerprint density at radius 2 is 1.82 bits per heavy atom. The number of rotatable bonds is 3. The lowest BCUT2D eigenvalue weighted by Gasteiger charge is -2.38. The molecule has 2 aliphatic heterocycles. The summed E-state index contributed by atoms with van der Waals surface area (Å²) in [6.45, 7) is 12.3. The second-order valence-electron chi connectivity index (χ2n) is 5.75. The predicted octanol–water partition coefficient (Wildman–Crippen LogP) is 1.54. The highest BCUT2D eigenvalue weighted by molar-refractivity contribution is 4.82. The number of nitrogens with one attached hydrogen (secondary N) is 1. The molecule has 0 aromatic rings. The van der Waals surface area contributed by atoms with Gasteiger partial charge in [0.15, 0.2) is 0 Å². The first-order chi connectivity index (χ1) is 8.29. The Balaban J connectivity index is 1.75. The second-order valence-corrected chi connectivity index (χ2v) is 5.75. The first-order valence-electron chi connectivity index (χ1n) is 7.49. The Bertz CT molecular complexity index is 212. The van der Waals surface area contributed by atoms with Crippen molar-refractivity contribution in [3.63, 3.8) is 0 Å². The molecule has 2 fully saturated rings. The summed E-state index contributed by atoms with van der Waals surface area (Å²) in [6.07, 6.45) is 5.38. The maximum Gasteiger partial charge on any atom is 0.0120 e. The lowest BCUT2D eigenvalue weighted by Crippen LogP contribution is -2.46. The minimum absolute atomic E-state index is 0.709. The van der Waals surface area contributed by atoms with Gasteiger partial charge in [0.25, 0.3) is 0 Å². The molecule has 2 saturated heterocycles. The van der Waals surface area contributed by atoms with Crippen LogP contribution in [0.1, 0.15) is 39.5 Å². The fourth-order valence-electron chi connectivity index (χ4n) is 3.22. The van der Waals surface area contributed by atoms with E-state index < -0.39 is 0 Å². The van der Waals surface area contributed by atoms with Gasteiger partial charge in [-0.25, -0.2) is 0 Å². The summed E-state index contributed by atoms with van der Waals surface area (Å²) in [4.78, 5) is 5.37. The summed E-state index contributed by atoms with van der Waals surface area (Å²) in [6, 6.07) is 1.57. The maximum absolute atomic E-state index is 3.59. The molecule has 1 unspecified atom stereocenters. The van der Waals surface area contributed by atoms with Crippen molar-refractivity contribution in [2.45, 2.75) is 51.6 Å². The molecule has 0 saturated carbocycles. The van der Waals surface area contributed by atoms with E-state index in [1.165, 1.54) is 65.0 Å². The molecule has 17 heavy (non-hydrogen) atoms. The third-order valence-corrected chi connectivity index (χ3v) is 4.35. The summed E-state index contributed by atoms with van der Waals surface area (Å²) in [5.74, 6) is 0. The van der Waals surface area contributed by atoms with E-state index in [4.69, 9.17) is 0 Å². The normalized spacial score (nSPS) is 30.4. The SMILES string of the molecule is CCCN1CCC(N2CCNC(C)CC2)CC1. The highest BCUT2D eigenvalue weighted by Gasteiger charge is 2.25. The van der Waals surface area contributed by atoms with Crippen molar-refractivity contribution in [2.75, 3.05) is 39.3 Å². The van der Waals surface area contributed by atoms with Crippen LogP contribution in [0.2, 0.25) is 0 Å². The van der Waals surface area contributed by atoms with E-state index in [-0.39, 0.29) is 0 Å². The van der Waals surface area contributed by atoms with Gasteiger partial charge in [-0.3, -0.25) is 4.90 Å². The monoisotopic (exact) mass is 239 g/mol. The summed E-state index contributed by atoms with van der Waals surface area (Å²) in [7, 11) is 0. The van der Waals surface area contributed by atoms with Gasteiger partial charge in [-0.05, 0) is 58.8 Å². The van der Waals surface area contributed by atoms with Gasteiger partial charge in [0.2, 0.25) is 0 Å². The van der Waals surface area contributed by atoms with Crippen LogP contribution in [0, 0.1) is 0 Å². The molecule has 0 spiro atoms. The fraction of sp³-hybridized carbons (Fsp3) is 1.00. The number of piperidine rings is 1. The third-order valence-electron chi connectivity index (χ3n) is 4.35. The molecule has 1 atom stereocenters. The molecule has 1 N–H and O–H groups in total. The van der Waals surface area contributed by atoms with Crippen LogP contribution >= 0.6 is 0 Å². The number of nitrogens with zero attached hydrogens (tertiary/aromatic N) is 2. The molecule has 2 rings (SSSR count). The van der Waals surface area contributed by atoms with Gasteiger partial charge in [0, 0.05) is 25.2 Å². The van der Waals surface area contributed by atoms with E-state index in [9.17, 15) is 0 Å². The van der Waals surface area contributed by atoms with Crippen molar-refractivity contribution in [3.05, 3.63) is 0 Å². The molecule has 2 aliphatic rings. The minimum atomic E-state index is 0.709. The molecule has 0 radical (unpaired) electrons. The number of likely N-dealkylation sites (tertiary alicyclic amines) is 1. The van der Waals surface area contributed by atoms with Gasteiger partial charge in [-0.2, -0.15) is 0 Å². The minimum Gasteiger partial charge on any atom is -0.313 e. The number of hydrogen-bond donors (Lipinski definition) is 1. The van der Waals surface area contributed by atoms with Crippen LogP contribution in [0.3, 0.4) is 0 Å². The van der Waals surface area contributed by atoms with E-state index in [0.29, 0.717) is 6.04 Å². The first-order valence-corrected chi connectivity index (χ1v) is 7.49. The predicted molar refractivity (Wildman–Crippen MR) is 73.4 cm³/mol. The Morgan fingerprint density at radius 3 is 2.53 bits per heavy atom. The van der Waals surface area contributed by atoms with Crippen LogP contribution in [0.5, 0.6) is 0 Å². The smallest absolute Gasteiger partial charge is 0.0120 e. The third kappa shape index (κ3) is 3.94. The van der Waals surface area contributed by atoms with Crippen molar-refractivity contribution in [1.82, 2.24) is 15.1 Å². The van der Waals surface area contributed by atoms with Crippen molar-refractivity contribution < 1.29 is 0 Å². The van der Waals surface area contributed by atoms with Crippen molar-refractivity contribution in [2.24, 2.45) is 0 Å². The van der Waals surface area contributed by atoms with Crippen molar-refractivity contribution in [3.8, 4) is 0 Å². The molecular formula is C14H29N3. The van der Waals surface area contributed by atoms with Gasteiger partial charge >= 0.3 is 0 Å². The lowest BCUT2D eigenvalue weighted by molar-refractivity contribution is 0.113. The Hall–Kier alpha value is -0.120. The molecular weight excluding hydrogens is 210 g/mol. The Morgan fingerprint density at radius 1 is 1.06 bits per heavy atom. The van der Waals surface area contributed by atoms with Crippen LogP contribution < -0.4 is 5.32 Å². The standard InChI is InChI=1S/C14H29N3/c1-3-8-16-9-5-14(6-10-16)17-11-4-13(2)15-7-12-17/h13-15H,3-12H2,1-2H3. The zero-order valence-corrected chi connectivity index (χ0v) is 11.6. The molecule has 0 aromatic carbocycles. The molecule has 0 bridgehead atoms. The van der Waals surface area contributed by atoms with Crippen LogP contribution in [0.4, 0.5) is 0 Å². The topological polar surface area (TPSA) is 18.5 Å². The first kappa shape index (κ1) is 13.3. The summed E-state index contributed by atoms with van der Waals surface area (Å²) in [5.41, 5.74) is 0. The molecule has 100 valence electrons. The largest absolute Gasteiger partial charge is 0.313 e. The van der Waals surface area contributed by atoms with Gasteiger partial charge in [0.1, 0.15) is 0 Å². The Kier molecular flexibility index (Phi) is 5.26. The second kappa shape index (κ2) is 6.72. The molecule has 2 heterocycles. The lowest BCUT2D eigenvalue weighted by atomic mass is 10.0.